The number of rotatable bonds is 4. The number of aromatic nitrogens is 3. The third-order valence-corrected chi connectivity index (χ3v) is 3.63. The molecule has 0 N–H and O–H groups in total. The molecule has 0 aromatic carbocycles. The van der Waals surface area contributed by atoms with E-state index in [1.165, 1.54) is 0 Å². The van der Waals surface area contributed by atoms with Crippen LogP contribution in [0.25, 0.3) is 11.3 Å². The van der Waals surface area contributed by atoms with Gasteiger partial charge in [-0.15, -0.1) is 10.2 Å². The van der Waals surface area contributed by atoms with Gasteiger partial charge in [0.2, 0.25) is 0 Å². The van der Waals surface area contributed by atoms with Crippen molar-refractivity contribution in [3.05, 3.63) is 36.7 Å². The molecule has 0 saturated carbocycles. The van der Waals surface area contributed by atoms with Crippen molar-refractivity contribution >= 4 is 11.8 Å². The summed E-state index contributed by atoms with van der Waals surface area (Å²) in [6.45, 7) is 1.36. The Morgan fingerprint density at radius 2 is 1.84 bits per heavy atom. The van der Waals surface area contributed by atoms with Gasteiger partial charge < -0.3 is 9.47 Å². The fourth-order valence-electron chi connectivity index (χ4n) is 1.73. The molecule has 5 nitrogen and oxygen atoms in total. The predicted octanol–water partition coefficient (Wildman–Crippen LogP) is 2.00. The Kier molecular flexibility index (Phi) is 4.02. The summed E-state index contributed by atoms with van der Waals surface area (Å²) in [5.41, 5.74) is 1.86. The topological polar surface area (TPSA) is 57.1 Å². The molecule has 1 saturated heterocycles. The van der Waals surface area contributed by atoms with Gasteiger partial charge in [-0.2, -0.15) is 0 Å². The summed E-state index contributed by atoms with van der Waals surface area (Å²) in [4.78, 5) is 3.98. The van der Waals surface area contributed by atoms with Crippen molar-refractivity contribution < 1.29 is 9.47 Å². The second-order valence-corrected chi connectivity index (χ2v) is 5.02. The number of pyridine rings is 1. The monoisotopic (exact) mass is 275 g/mol. The van der Waals surface area contributed by atoms with Crippen molar-refractivity contribution in [3.63, 3.8) is 0 Å². The van der Waals surface area contributed by atoms with Crippen LogP contribution < -0.4 is 0 Å². The molecule has 2 aromatic rings. The summed E-state index contributed by atoms with van der Waals surface area (Å²) in [5.74, 6) is 0.739. The van der Waals surface area contributed by atoms with Crippen LogP contribution in [0.3, 0.4) is 0 Å². The number of hydrogen-bond acceptors (Lipinski definition) is 6. The van der Waals surface area contributed by atoms with Gasteiger partial charge in [0.1, 0.15) is 5.03 Å². The van der Waals surface area contributed by atoms with E-state index in [0.717, 1.165) is 22.0 Å². The summed E-state index contributed by atoms with van der Waals surface area (Å²) in [6, 6.07) is 7.75. The van der Waals surface area contributed by atoms with E-state index in [2.05, 4.69) is 15.2 Å². The fourth-order valence-corrected chi connectivity index (χ4v) is 2.49. The first-order chi connectivity index (χ1) is 9.42. The molecule has 1 fully saturated rings. The Bertz CT molecular complexity index is 515. The van der Waals surface area contributed by atoms with E-state index in [1.54, 1.807) is 24.2 Å². The average Bonchev–Trinajstić information content (AvgIpc) is 3.00. The van der Waals surface area contributed by atoms with Crippen LogP contribution >= 0.6 is 11.8 Å². The molecule has 0 aliphatic carbocycles. The van der Waals surface area contributed by atoms with Crippen molar-refractivity contribution in [3.8, 4) is 11.3 Å². The lowest BCUT2D eigenvalue weighted by molar-refractivity contribution is -0.0214. The molecule has 1 aliphatic rings. The van der Waals surface area contributed by atoms with Crippen molar-refractivity contribution in [2.75, 3.05) is 19.0 Å². The molecule has 3 rings (SSSR count). The van der Waals surface area contributed by atoms with E-state index >= 15 is 0 Å². The van der Waals surface area contributed by atoms with Gasteiger partial charge in [-0.3, -0.25) is 4.98 Å². The normalized spacial score (nSPS) is 15.8. The molecule has 1 aliphatic heterocycles. The minimum absolute atomic E-state index is 0.119. The van der Waals surface area contributed by atoms with E-state index < -0.39 is 0 Å². The Hall–Kier alpha value is -1.50. The Balaban J connectivity index is 1.62. The molecule has 0 amide bonds. The van der Waals surface area contributed by atoms with Gasteiger partial charge in [0.15, 0.2) is 6.29 Å². The van der Waals surface area contributed by atoms with Crippen LogP contribution in [0.5, 0.6) is 0 Å². The first kappa shape index (κ1) is 12.5. The summed E-state index contributed by atoms with van der Waals surface area (Å²) in [5, 5.41) is 9.28. The van der Waals surface area contributed by atoms with Gasteiger partial charge in [0.25, 0.3) is 0 Å². The third-order valence-electron chi connectivity index (χ3n) is 2.67. The van der Waals surface area contributed by atoms with Crippen LogP contribution in [-0.2, 0) is 9.47 Å². The lowest BCUT2D eigenvalue weighted by atomic mass is 10.2. The zero-order valence-corrected chi connectivity index (χ0v) is 11.0. The minimum atomic E-state index is -0.119. The molecular weight excluding hydrogens is 262 g/mol. The summed E-state index contributed by atoms with van der Waals surface area (Å²) < 4.78 is 10.7. The Morgan fingerprint density at radius 1 is 1.05 bits per heavy atom. The minimum Gasteiger partial charge on any atom is -0.349 e. The molecule has 0 spiro atoms. The van der Waals surface area contributed by atoms with Crippen LogP contribution in [0, 0.1) is 0 Å². The van der Waals surface area contributed by atoms with E-state index in [1.807, 2.05) is 24.3 Å². The largest absolute Gasteiger partial charge is 0.349 e. The van der Waals surface area contributed by atoms with E-state index in [4.69, 9.17) is 9.47 Å². The summed E-state index contributed by atoms with van der Waals surface area (Å²) in [7, 11) is 0. The molecule has 6 heteroatoms. The van der Waals surface area contributed by atoms with E-state index in [9.17, 15) is 0 Å². The van der Waals surface area contributed by atoms with Gasteiger partial charge in [-0.05, 0) is 24.3 Å². The maximum atomic E-state index is 5.37. The standard InChI is InChI=1S/C13H13N3O2S/c1-2-12(19-9-13-17-7-8-18-13)16-15-11(1)10-3-5-14-6-4-10/h1-6,13H,7-9H2. The molecular formula is C13H13N3O2S. The SMILES string of the molecule is c1cc(-c2ccc(SCC3OCCO3)nn2)ccn1. The summed E-state index contributed by atoms with van der Waals surface area (Å²) in [6.07, 6.45) is 3.37. The lowest BCUT2D eigenvalue weighted by Gasteiger charge is -2.07. The number of hydrogen-bond donors (Lipinski definition) is 0. The highest BCUT2D eigenvalue weighted by atomic mass is 32.2. The van der Waals surface area contributed by atoms with Crippen molar-refractivity contribution in [1.29, 1.82) is 0 Å². The molecule has 98 valence electrons. The molecule has 0 unspecified atom stereocenters. The third kappa shape index (κ3) is 3.28. The van der Waals surface area contributed by atoms with Crippen LogP contribution in [0.2, 0.25) is 0 Å². The van der Waals surface area contributed by atoms with Crippen LogP contribution in [-0.4, -0.2) is 40.4 Å². The van der Waals surface area contributed by atoms with Crippen molar-refractivity contribution in [1.82, 2.24) is 15.2 Å². The first-order valence-corrected chi connectivity index (χ1v) is 7.00. The molecule has 19 heavy (non-hydrogen) atoms. The van der Waals surface area contributed by atoms with Gasteiger partial charge >= 0.3 is 0 Å². The number of ether oxygens (including phenoxy) is 2. The Morgan fingerprint density at radius 3 is 2.53 bits per heavy atom. The quantitative estimate of drug-likeness (QED) is 0.795. The van der Waals surface area contributed by atoms with E-state index in [0.29, 0.717) is 13.2 Å². The van der Waals surface area contributed by atoms with Gasteiger partial charge in [-0.25, -0.2) is 0 Å². The maximum Gasteiger partial charge on any atom is 0.167 e. The number of nitrogens with zero attached hydrogens (tertiary/aromatic N) is 3. The second-order valence-electron chi connectivity index (χ2n) is 3.97. The highest BCUT2D eigenvalue weighted by molar-refractivity contribution is 7.99. The highest BCUT2D eigenvalue weighted by Crippen LogP contribution is 2.21. The van der Waals surface area contributed by atoms with Crippen molar-refractivity contribution in [2.45, 2.75) is 11.3 Å². The molecule has 0 radical (unpaired) electrons. The predicted molar refractivity (Wildman–Crippen MR) is 71.7 cm³/mol. The zero-order valence-electron chi connectivity index (χ0n) is 10.2. The smallest absolute Gasteiger partial charge is 0.167 e. The van der Waals surface area contributed by atoms with Gasteiger partial charge in [0, 0.05) is 18.0 Å². The molecule has 3 heterocycles. The van der Waals surface area contributed by atoms with Crippen LogP contribution in [0.4, 0.5) is 0 Å². The first-order valence-electron chi connectivity index (χ1n) is 6.02. The maximum absolute atomic E-state index is 5.37. The molecule has 2 aromatic heterocycles. The average molecular weight is 275 g/mol. The van der Waals surface area contributed by atoms with Crippen LogP contribution in [0.15, 0.2) is 41.7 Å². The van der Waals surface area contributed by atoms with Gasteiger partial charge in [-0.1, -0.05) is 11.8 Å². The van der Waals surface area contributed by atoms with Crippen LogP contribution in [0.1, 0.15) is 0 Å². The van der Waals surface area contributed by atoms with Gasteiger partial charge in [0.05, 0.1) is 24.7 Å². The zero-order chi connectivity index (χ0) is 12.9. The molecule has 0 atom stereocenters. The highest BCUT2D eigenvalue weighted by Gasteiger charge is 2.16. The second kappa shape index (κ2) is 6.10. The summed E-state index contributed by atoms with van der Waals surface area (Å²) >= 11 is 1.59. The Labute approximate surface area is 115 Å². The van der Waals surface area contributed by atoms with E-state index in [-0.39, 0.29) is 6.29 Å². The fraction of sp³-hybridized carbons (Fsp3) is 0.308. The lowest BCUT2D eigenvalue weighted by Crippen LogP contribution is -2.10. The molecule has 0 bridgehead atoms. The van der Waals surface area contributed by atoms with Crippen molar-refractivity contribution in [2.24, 2.45) is 0 Å². The number of thioether (sulfide) groups is 1.